The van der Waals surface area contributed by atoms with E-state index < -0.39 is 11.6 Å². The molecule has 149 valence electrons. The molecule has 1 aromatic carbocycles. The van der Waals surface area contributed by atoms with Gasteiger partial charge in [-0.3, -0.25) is 0 Å². The second-order valence-electron chi connectivity index (χ2n) is 6.72. The first-order chi connectivity index (χ1) is 13.9. The molecule has 3 aromatic heterocycles. The van der Waals surface area contributed by atoms with Crippen molar-refractivity contribution < 1.29 is 8.78 Å². The molecule has 0 aliphatic rings. The number of hydrogen-bond acceptors (Lipinski definition) is 6. The van der Waals surface area contributed by atoms with Crippen molar-refractivity contribution in [1.29, 1.82) is 0 Å². The number of aromatic nitrogens is 7. The molecule has 0 saturated carbocycles. The van der Waals surface area contributed by atoms with Crippen molar-refractivity contribution in [3.05, 3.63) is 59.0 Å². The lowest BCUT2D eigenvalue weighted by Crippen LogP contribution is -2.24. The van der Waals surface area contributed by atoms with E-state index in [1.54, 1.807) is 11.9 Å². The minimum atomic E-state index is -0.637. The number of aryl methyl sites for hydroxylation is 3. The minimum Gasteiger partial charge on any atom is -0.329 e. The summed E-state index contributed by atoms with van der Waals surface area (Å²) in [7, 11) is 1.65. The summed E-state index contributed by atoms with van der Waals surface area (Å²) < 4.78 is 29.3. The number of nitrogens with zero attached hydrogens (tertiary/aromatic N) is 8. The summed E-state index contributed by atoms with van der Waals surface area (Å²) in [5.41, 5.74) is 2.74. The number of benzene rings is 1. The van der Waals surface area contributed by atoms with Gasteiger partial charge in [0.2, 0.25) is 0 Å². The van der Waals surface area contributed by atoms with Gasteiger partial charge in [0.1, 0.15) is 23.0 Å². The van der Waals surface area contributed by atoms with E-state index >= 15 is 0 Å². The van der Waals surface area contributed by atoms with Gasteiger partial charge in [-0.05, 0) is 42.8 Å². The van der Waals surface area contributed by atoms with Crippen molar-refractivity contribution in [2.45, 2.75) is 33.5 Å². The summed E-state index contributed by atoms with van der Waals surface area (Å²) in [6.45, 7) is 5.24. The van der Waals surface area contributed by atoms with Crippen LogP contribution >= 0.6 is 0 Å². The maximum absolute atomic E-state index is 13.6. The Balaban J connectivity index is 1.67. The molecular formula is C19H19F2N8. The molecule has 4 aromatic rings. The highest BCUT2D eigenvalue weighted by Gasteiger charge is 2.17. The van der Waals surface area contributed by atoms with Crippen LogP contribution in [0.4, 0.5) is 14.7 Å². The zero-order valence-electron chi connectivity index (χ0n) is 16.3. The normalized spacial score (nSPS) is 11.3. The van der Waals surface area contributed by atoms with Gasteiger partial charge < -0.3 is 9.47 Å². The number of halogens is 2. The zero-order chi connectivity index (χ0) is 20.5. The number of rotatable bonds is 6. The van der Waals surface area contributed by atoms with Crippen LogP contribution in [0.1, 0.15) is 23.9 Å². The highest BCUT2D eigenvalue weighted by atomic mass is 19.1. The summed E-state index contributed by atoms with van der Waals surface area (Å²) in [6, 6.07) is 5.30. The first-order valence-corrected chi connectivity index (χ1v) is 9.11. The summed E-state index contributed by atoms with van der Waals surface area (Å²) >= 11 is 0. The Labute approximate surface area is 165 Å². The first-order valence-electron chi connectivity index (χ1n) is 9.11. The van der Waals surface area contributed by atoms with Crippen molar-refractivity contribution in [3.8, 4) is 0 Å². The van der Waals surface area contributed by atoms with Crippen LogP contribution in [-0.2, 0) is 26.7 Å². The fourth-order valence-corrected chi connectivity index (χ4v) is 3.30. The van der Waals surface area contributed by atoms with Crippen molar-refractivity contribution in [1.82, 2.24) is 34.7 Å². The van der Waals surface area contributed by atoms with E-state index in [4.69, 9.17) is 0 Å². The van der Waals surface area contributed by atoms with E-state index in [1.165, 1.54) is 16.9 Å². The molecule has 0 aliphatic carbocycles. The Morgan fingerprint density at radius 2 is 1.86 bits per heavy atom. The van der Waals surface area contributed by atoms with Gasteiger partial charge >= 0.3 is 0 Å². The van der Waals surface area contributed by atoms with Crippen LogP contribution in [0, 0.1) is 24.8 Å². The Morgan fingerprint density at radius 3 is 2.52 bits per heavy atom. The third-order valence-electron chi connectivity index (χ3n) is 4.53. The van der Waals surface area contributed by atoms with E-state index in [9.17, 15) is 8.78 Å². The van der Waals surface area contributed by atoms with Gasteiger partial charge in [0.15, 0.2) is 5.65 Å². The third-order valence-corrected chi connectivity index (χ3v) is 4.53. The van der Waals surface area contributed by atoms with Crippen molar-refractivity contribution in [2.24, 2.45) is 7.05 Å². The van der Waals surface area contributed by atoms with E-state index in [0.29, 0.717) is 18.1 Å². The number of pyridine rings is 1. The second-order valence-corrected chi connectivity index (χ2v) is 6.72. The predicted octanol–water partition coefficient (Wildman–Crippen LogP) is 2.57. The maximum Gasteiger partial charge on any atom is 0.266 e. The molecule has 0 bridgehead atoms. The SMILES string of the molecule is CCn1c(C)nc2cc(CN(Cc3cc(F)cc(F)c3)c3nnn(C)n3)[c]nc21. The van der Waals surface area contributed by atoms with Gasteiger partial charge in [0.05, 0.1) is 13.2 Å². The molecule has 0 atom stereocenters. The Kier molecular flexibility index (Phi) is 4.91. The number of anilines is 1. The molecule has 0 amide bonds. The molecule has 10 heteroatoms. The summed E-state index contributed by atoms with van der Waals surface area (Å²) in [6.07, 6.45) is 3.03. The molecule has 0 saturated heterocycles. The molecule has 0 aliphatic heterocycles. The van der Waals surface area contributed by atoms with Crippen molar-refractivity contribution in [3.63, 3.8) is 0 Å². The third kappa shape index (κ3) is 3.91. The molecule has 1 radical (unpaired) electrons. The van der Waals surface area contributed by atoms with E-state index in [-0.39, 0.29) is 6.54 Å². The van der Waals surface area contributed by atoms with Crippen LogP contribution in [-0.4, -0.2) is 34.7 Å². The lowest BCUT2D eigenvalue weighted by atomic mass is 10.2. The molecule has 0 spiro atoms. The fraction of sp³-hybridized carbons (Fsp3) is 0.316. The molecule has 3 heterocycles. The van der Waals surface area contributed by atoms with Crippen molar-refractivity contribution in [2.75, 3.05) is 4.90 Å². The van der Waals surface area contributed by atoms with Crippen LogP contribution in [0.15, 0.2) is 24.3 Å². The number of imidazole rings is 1. The van der Waals surface area contributed by atoms with Gasteiger partial charge in [-0.15, -0.1) is 5.10 Å². The van der Waals surface area contributed by atoms with Crippen LogP contribution in [0.2, 0.25) is 0 Å². The lowest BCUT2D eigenvalue weighted by molar-refractivity contribution is 0.578. The maximum atomic E-state index is 13.6. The zero-order valence-corrected chi connectivity index (χ0v) is 16.3. The molecule has 0 N–H and O–H groups in total. The smallest absolute Gasteiger partial charge is 0.266 e. The number of tetrazole rings is 1. The largest absolute Gasteiger partial charge is 0.329 e. The van der Waals surface area contributed by atoms with Crippen LogP contribution in [0.3, 0.4) is 0 Å². The van der Waals surface area contributed by atoms with E-state index in [0.717, 1.165) is 35.2 Å². The van der Waals surface area contributed by atoms with Gasteiger partial charge in [0, 0.05) is 31.3 Å². The first kappa shape index (κ1) is 18.9. The van der Waals surface area contributed by atoms with Gasteiger partial charge in [-0.1, -0.05) is 5.10 Å². The quantitative estimate of drug-likeness (QED) is 0.498. The highest BCUT2D eigenvalue weighted by molar-refractivity contribution is 5.72. The predicted molar refractivity (Wildman–Crippen MR) is 102 cm³/mol. The highest BCUT2D eigenvalue weighted by Crippen LogP contribution is 2.20. The van der Waals surface area contributed by atoms with Crippen LogP contribution in [0.25, 0.3) is 11.2 Å². The monoisotopic (exact) mass is 397 g/mol. The van der Waals surface area contributed by atoms with Crippen LogP contribution in [0.5, 0.6) is 0 Å². The average molecular weight is 397 g/mol. The molecule has 4 rings (SSSR count). The van der Waals surface area contributed by atoms with Crippen LogP contribution < -0.4 is 4.90 Å². The fourth-order valence-electron chi connectivity index (χ4n) is 3.30. The van der Waals surface area contributed by atoms with E-state index in [1.807, 2.05) is 24.5 Å². The van der Waals surface area contributed by atoms with Gasteiger partial charge in [-0.25, -0.2) is 18.7 Å². The van der Waals surface area contributed by atoms with Gasteiger partial charge in [-0.2, -0.15) is 4.80 Å². The average Bonchev–Trinajstić information content (AvgIpc) is 3.22. The van der Waals surface area contributed by atoms with Crippen molar-refractivity contribution >= 4 is 17.1 Å². The Bertz CT molecular complexity index is 1150. The molecular weight excluding hydrogens is 378 g/mol. The van der Waals surface area contributed by atoms with Gasteiger partial charge in [0.25, 0.3) is 5.95 Å². The number of fused-ring (bicyclic) bond motifs is 1. The van der Waals surface area contributed by atoms with E-state index in [2.05, 4.69) is 31.6 Å². The summed E-state index contributed by atoms with van der Waals surface area (Å²) in [5.74, 6) is -0.0614. The summed E-state index contributed by atoms with van der Waals surface area (Å²) in [4.78, 5) is 12.1. The topological polar surface area (TPSA) is 77.5 Å². The molecule has 0 fully saturated rings. The Morgan fingerprint density at radius 1 is 1.10 bits per heavy atom. The molecule has 8 nitrogen and oxygen atoms in total. The second kappa shape index (κ2) is 7.53. The molecule has 0 unspecified atom stereocenters. The summed E-state index contributed by atoms with van der Waals surface area (Å²) in [5, 5.41) is 12.1. The molecule has 29 heavy (non-hydrogen) atoms. The minimum absolute atomic E-state index is 0.189. The Hall–Kier alpha value is -3.43. The lowest BCUT2D eigenvalue weighted by Gasteiger charge is -2.20. The number of hydrogen-bond donors (Lipinski definition) is 0. The standard InChI is InChI=1S/C19H19F2N8/c1-4-29-12(2)23-17-7-14(9-22-18(17)29)11-28(19-24-26-27(3)25-19)10-13-5-15(20)8-16(21)6-13/h5-8H,4,10-11H2,1-3H3.